The highest BCUT2D eigenvalue weighted by molar-refractivity contribution is 5.22. The van der Waals surface area contributed by atoms with E-state index in [2.05, 4.69) is 10.2 Å². The number of nitrogens with zero attached hydrogens (tertiary/aromatic N) is 2. The van der Waals surface area contributed by atoms with Crippen molar-refractivity contribution >= 4 is 5.82 Å². The summed E-state index contributed by atoms with van der Waals surface area (Å²) in [4.78, 5) is 9.52. The van der Waals surface area contributed by atoms with Gasteiger partial charge in [-0.15, -0.1) is 5.10 Å². The molecule has 0 bridgehead atoms. The second kappa shape index (κ2) is 3.28. The van der Waals surface area contributed by atoms with Crippen molar-refractivity contribution in [1.82, 2.24) is 10.2 Å². The zero-order valence-electron chi connectivity index (χ0n) is 6.10. The van der Waals surface area contributed by atoms with Crippen molar-refractivity contribution < 1.29 is 10.0 Å². The molecule has 1 heterocycles. The molecule has 4 N–H and O–H groups in total. The summed E-state index contributed by atoms with van der Waals surface area (Å²) in [5.74, 6) is -0.252. The Balaban J connectivity index is 2.84. The Kier molecular flexibility index (Phi) is 2.36. The molecule has 12 heavy (non-hydrogen) atoms. The first kappa shape index (κ1) is 8.62. The molecular weight excluding hydrogens is 164 g/mol. The number of aliphatic hydroxyl groups excluding tert-OH is 1. The SMILES string of the molecule is NCC(O)c1cc([N+](=O)[O-])[nH]n1. The number of aliphatic hydroxyl groups is 1. The van der Waals surface area contributed by atoms with E-state index in [1.165, 1.54) is 0 Å². The maximum atomic E-state index is 10.1. The first-order valence-electron chi connectivity index (χ1n) is 3.23. The van der Waals surface area contributed by atoms with Crippen LogP contribution in [0.15, 0.2) is 6.07 Å². The molecule has 0 aliphatic rings. The van der Waals surface area contributed by atoms with Crippen molar-refractivity contribution in [3.8, 4) is 0 Å². The minimum atomic E-state index is -0.949. The molecule has 1 unspecified atom stereocenters. The lowest BCUT2D eigenvalue weighted by Crippen LogP contribution is -2.11. The molecule has 0 aromatic carbocycles. The van der Waals surface area contributed by atoms with Crippen LogP contribution < -0.4 is 5.73 Å². The Labute approximate surface area is 67.3 Å². The van der Waals surface area contributed by atoms with E-state index in [0.717, 1.165) is 6.07 Å². The standard InChI is InChI=1S/C5H8N4O3/c6-2-4(10)3-1-5(8-7-3)9(11)12/h1,4,10H,2,6H2,(H,7,8). The fourth-order valence-corrected chi connectivity index (χ4v) is 0.711. The second-order valence-corrected chi connectivity index (χ2v) is 2.19. The van der Waals surface area contributed by atoms with E-state index in [4.69, 9.17) is 10.8 Å². The molecule has 1 aromatic rings. The minimum absolute atomic E-state index is 0.0119. The Morgan fingerprint density at radius 1 is 1.92 bits per heavy atom. The molecule has 66 valence electrons. The molecule has 0 aliphatic carbocycles. The van der Waals surface area contributed by atoms with Crippen LogP contribution in [0.3, 0.4) is 0 Å². The number of hydrogen-bond donors (Lipinski definition) is 3. The highest BCUT2D eigenvalue weighted by atomic mass is 16.6. The van der Waals surface area contributed by atoms with Crippen molar-refractivity contribution in [3.63, 3.8) is 0 Å². The Morgan fingerprint density at radius 3 is 3.00 bits per heavy atom. The largest absolute Gasteiger partial charge is 0.385 e. The third-order valence-electron chi connectivity index (χ3n) is 1.35. The first-order chi connectivity index (χ1) is 5.65. The van der Waals surface area contributed by atoms with Gasteiger partial charge in [0.2, 0.25) is 0 Å². The average molecular weight is 172 g/mol. The predicted octanol–water partition coefficient (Wildman–Crippen LogP) is -0.690. The van der Waals surface area contributed by atoms with E-state index in [9.17, 15) is 10.1 Å². The van der Waals surface area contributed by atoms with Crippen LogP contribution in [0, 0.1) is 10.1 Å². The third kappa shape index (κ3) is 1.57. The van der Waals surface area contributed by atoms with Gasteiger partial charge in [0.05, 0.1) is 6.07 Å². The highest BCUT2D eigenvalue weighted by Crippen LogP contribution is 2.13. The summed E-state index contributed by atoms with van der Waals surface area (Å²) in [6.45, 7) is -0.0119. The van der Waals surface area contributed by atoms with Crippen molar-refractivity contribution in [2.75, 3.05) is 6.54 Å². The van der Waals surface area contributed by atoms with E-state index < -0.39 is 11.0 Å². The Hall–Kier alpha value is -1.47. The molecule has 0 fully saturated rings. The van der Waals surface area contributed by atoms with E-state index in [1.54, 1.807) is 0 Å². The molecule has 0 amide bonds. The highest BCUT2D eigenvalue weighted by Gasteiger charge is 2.15. The predicted molar refractivity (Wildman–Crippen MR) is 39.3 cm³/mol. The Morgan fingerprint density at radius 2 is 2.58 bits per heavy atom. The lowest BCUT2D eigenvalue weighted by atomic mass is 10.2. The van der Waals surface area contributed by atoms with Crippen LogP contribution in [0.4, 0.5) is 5.82 Å². The van der Waals surface area contributed by atoms with Crippen molar-refractivity contribution in [2.24, 2.45) is 5.73 Å². The third-order valence-corrected chi connectivity index (χ3v) is 1.35. The molecule has 0 aliphatic heterocycles. The lowest BCUT2D eigenvalue weighted by Gasteiger charge is -1.98. The summed E-state index contributed by atoms with van der Waals surface area (Å²) in [5, 5.41) is 24.9. The molecule has 0 radical (unpaired) electrons. The number of hydrogen-bond acceptors (Lipinski definition) is 5. The van der Waals surface area contributed by atoms with Gasteiger partial charge in [-0.1, -0.05) is 5.10 Å². The van der Waals surface area contributed by atoms with Crippen molar-refractivity contribution in [1.29, 1.82) is 0 Å². The monoisotopic (exact) mass is 172 g/mol. The first-order valence-corrected chi connectivity index (χ1v) is 3.23. The lowest BCUT2D eigenvalue weighted by molar-refractivity contribution is -0.389. The summed E-state index contributed by atoms with van der Waals surface area (Å²) >= 11 is 0. The quantitative estimate of drug-likeness (QED) is 0.412. The maximum Gasteiger partial charge on any atom is 0.342 e. The molecule has 1 rings (SSSR count). The number of aromatic nitrogens is 2. The van der Waals surface area contributed by atoms with Gasteiger partial charge in [-0.05, 0) is 4.92 Å². The molecule has 7 heteroatoms. The van der Waals surface area contributed by atoms with Crippen LogP contribution in [0.2, 0.25) is 0 Å². The van der Waals surface area contributed by atoms with Crippen molar-refractivity contribution in [3.05, 3.63) is 21.9 Å². The minimum Gasteiger partial charge on any atom is -0.385 e. The normalized spacial score (nSPS) is 12.8. The molecule has 0 saturated heterocycles. The summed E-state index contributed by atoms with van der Waals surface area (Å²) in [7, 11) is 0. The summed E-state index contributed by atoms with van der Waals surface area (Å²) in [6, 6.07) is 1.15. The summed E-state index contributed by atoms with van der Waals surface area (Å²) < 4.78 is 0. The van der Waals surface area contributed by atoms with Gasteiger partial charge in [0.25, 0.3) is 0 Å². The molecule has 0 saturated carbocycles. The van der Waals surface area contributed by atoms with Gasteiger partial charge in [0.15, 0.2) is 0 Å². The van der Waals surface area contributed by atoms with E-state index in [0.29, 0.717) is 0 Å². The van der Waals surface area contributed by atoms with Crippen LogP contribution in [-0.2, 0) is 0 Å². The number of H-pyrrole nitrogens is 1. The number of nitrogens with two attached hydrogens (primary N) is 1. The molecule has 7 nitrogen and oxygen atoms in total. The number of nitrogens with one attached hydrogen (secondary N) is 1. The van der Waals surface area contributed by atoms with Crippen molar-refractivity contribution in [2.45, 2.75) is 6.10 Å². The number of nitro groups is 1. The van der Waals surface area contributed by atoms with E-state index in [-0.39, 0.29) is 18.1 Å². The van der Waals surface area contributed by atoms with Crippen LogP contribution in [0.1, 0.15) is 11.8 Å². The van der Waals surface area contributed by atoms with Crippen LogP contribution >= 0.6 is 0 Å². The van der Waals surface area contributed by atoms with Gasteiger partial charge in [-0.2, -0.15) is 0 Å². The summed E-state index contributed by atoms with van der Waals surface area (Å²) in [5.41, 5.74) is 5.30. The van der Waals surface area contributed by atoms with Gasteiger partial charge in [-0.3, -0.25) is 0 Å². The fraction of sp³-hybridized carbons (Fsp3) is 0.400. The zero-order chi connectivity index (χ0) is 9.14. The van der Waals surface area contributed by atoms with Crippen LogP contribution in [-0.4, -0.2) is 26.8 Å². The van der Waals surface area contributed by atoms with Crippen LogP contribution in [0.5, 0.6) is 0 Å². The maximum absolute atomic E-state index is 10.1. The molecule has 1 aromatic heterocycles. The smallest absolute Gasteiger partial charge is 0.342 e. The van der Waals surface area contributed by atoms with Crippen LogP contribution in [0.25, 0.3) is 0 Å². The fourth-order valence-electron chi connectivity index (χ4n) is 0.711. The van der Waals surface area contributed by atoms with E-state index >= 15 is 0 Å². The summed E-state index contributed by atoms with van der Waals surface area (Å²) in [6.07, 6.45) is -0.949. The van der Waals surface area contributed by atoms with Gasteiger partial charge in [0.1, 0.15) is 11.8 Å². The zero-order valence-corrected chi connectivity index (χ0v) is 6.10. The number of aromatic amines is 1. The van der Waals surface area contributed by atoms with Gasteiger partial charge < -0.3 is 21.0 Å². The molecule has 0 spiro atoms. The van der Waals surface area contributed by atoms with Gasteiger partial charge in [0, 0.05) is 6.54 Å². The number of rotatable bonds is 3. The second-order valence-electron chi connectivity index (χ2n) is 2.19. The Bertz CT molecular complexity index is 284. The average Bonchev–Trinajstić information content (AvgIpc) is 2.51. The topological polar surface area (TPSA) is 118 Å². The molecular formula is C5H8N4O3. The van der Waals surface area contributed by atoms with Gasteiger partial charge in [-0.25, -0.2) is 0 Å². The van der Waals surface area contributed by atoms with E-state index in [1.807, 2.05) is 0 Å². The molecule has 1 atom stereocenters. The van der Waals surface area contributed by atoms with Gasteiger partial charge >= 0.3 is 5.82 Å².